The Morgan fingerprint density at radius 2 is 1.78 bits per heavy atom. The Kier molecular flexibility index (Phi) is 9.03. The number of oxime groups is 1. The number of anilines is 1. The lowest BCUT2D eigenvalue weighted by atomic mass is 9.82. The van der Waals surface area contributed by atoms with Crippen LogP contribution in [0.1, 0.15) is 66.4 Å². The maximum absolute atomic E-state index is 14.0. The van der Waals surface area contributed by atoms with Crippen molar-refractivity contribution in [2.75, 3.05) is 12.4 Å². The van der Waals surface area contributed by atoms with Gasteiger partial charge in [-0.1, -0.05) is 23.2 Å². The number of aliphatic hydroxyl groups excluding tert-OH is 1. The van der Waals surface area contributed by atoms with Gasteiger partial charge in [-0.2, -0.15) is 26.3 Å². The maximum atomic E-state index is 14.0. The lowest BCUT2D eigenvalue weighted by molar-refractivity contribution is -0.219. The van der Waals surface area contributed by atoms with Crippen LogP contribution < -0.4 is 15.4 Å². The summed E-state index contributed by atoms with van der Waals surface area (Å²) >= 11 is 0. The monoisotopic (exact) mass is 724 g/mol. The van der Waals surface area contributed by atoms with E-state index in [0.717, 1.165) is 30.9 Å². The molecule has 1 aromatic heterocycles. The zero-order valence-corrected chi connectivity index (χ0v) is 27.2. The fourth-order valence-corrected chi connectivity index (χ4v) is 8.52. The second-order valence-corrected chi connectivity index (χ2v) is 14.1. The van der Waals surface area contributed by atoms with Crippen LogP contribution in [0.4, 0.5) is 36.4 Å². The van der Waals surface area contributed by atoms with Crippen molar-refractivity contribution in [1.29, 1.82) is 0 Å². The van der Waals surface area contributed by atoms with Gasteiger partial charge in [-0.25, -0.2) is 9.37 Å². The van der Waals surface area contributed by atoms with E-state index < -0.39 is 71.6 Å². The van der Waals surface area contributed by atoms with Gasteiger partial charge < -0.3 is 25.3 Å². The van der Waals surface area contributed by atoms with E-state index in [1.807, 2.05) is 0 Å². The van der Waals surface area contributed by atoms with Crippen LogP contribution in [0.15, 0.2) is 47.3 Å². The number of rotatable bonds is 8. The van der Waals surface area contributed by atoms with Crippen molar-refractivity contribution in [3.05, 3.63) is 64.6 Å². The minimum Gasteiger partial charge on any atom is -0.480 e. The molecule has 2 aromatic rings. The number of ether oxygens (including phenoxy) is 1. The van der Waals surface area contributed by atoms with Crippen molar-refractivity contribution in [3.63, 3.8) is 0 Å². The van der Waals surface area contributed by atoms with E-state index in [-0.39, 0.29) is 47.5 Å². The fourth-order valence-electron chi connectivity index (χ4n) is 8.52. The summed E-state index contributed by atoms with van der Waals surface area (Å²) in [6, 6.07) is 2.90. The number of halogens is 7. The molecule has 4 unspecified atom stereocenters. The molecular formula is C35H35F7N4O5. The van der Waals surface area contributed by atoms with E-state index in [1.165, 1.54) is 19.4 Å². The maximum Gasteiger partial charge on any atom is 0.419 e. The molecule has 0 saturated heterocycles. The zero-order valence-electron chi connectivity index (χ0n) is 27.2. The smallest absolute Gasteiger partial charge is 0.419 e. The standard InChI is InChI=1S/C35H35F7N4O5/c1-50-33-23(11-17(14-43-33)28-22-10-16(12-26(22)51-46-28)30(47)35(40,41)42)31(48)45-29-20-7-6-19(21(20)9-15-3-2-4-15)27(29)32(49)44-18-5-8-25(36)24(13-18)34(37,38)39/h5,8-9,11,13-16,19-20,22,26-27,29-30,47H,2-4,6-7,10,12H2,1H3,(H,44,49)(H,45,48)/b21-9-/t16?,19-,20+,22?,26?,27-,29+,30?/m0/s1. The third-order valence-electron chi connectivity index (χ3n) is 11.2. The number of hydrogen-bond acceptors (Lipinski definition) is 7. The third kappa shape index (κ3) is 6.55. The third-order valence-corrected chi connectivity index (χ3v) is 11.2. The minimum atomic E-state index is -4.98. The molecule has 4 aliphatic carbocycles. The number of allylic oxidation sites excluding steroid dienone is 1. The number of methoxy groups -OCH3 is 1. The van der Waals surface area contributed by atoms with Crippen LogP contribution in [-0.2, 0) is 15.8 Å². The summed E-state index contributed by atoms with van der Waals surface area (Å²) in [6.45, 7) is 0. The number of fused-ring (bicyclic) bond motifs is 3. The van der Waals surface area contributed by atoms with Crippen LogP contribution in [0, 0.1) is 41.3 Å². The van der Waals surface area contributed by atoms with Crippen LogP contribution in [-0.4, -0.2) is 59.2 Å². The highest BCUT2D eigenvalue weighted by molar-refractivity contribution is 6.06. The van der Waals surface area contributed by atoms with E-state index in [0.29, 0.717) is 36.5 Å². The number of carbonyl (C=O) groups is 2. The molecule has 3 N–H and O–H groups in total. The Morgan fingerprint density at radius 3 is 2.45 bits per heavy atom. The van der Waals surface area contributed by atoms with Crippen molar-refractivity contribution in [3.8, 4) is 5.88 Å². The zero-order chi connectivity index (χ0) is 36.4. The number of nitrogens with one attached hydrogen (secondary N) is 2. The Balaban J connectivity index is 1.15. The van der Waals surface area contributed by atoms with Gasteiger partial charge in [0, 0.05) is 35.3 Å². The van der Waals surface area contributed by atoms with Crippen LogP contribution in [0.5, 0.6) is 5.88 Å². The van der Waals surface area contributed by atoms with E-state index >= 15 is 0 Å². The minimum absolute atomic E-state index is 0.0363. The van der Waals surface area contributed by atoms with Crippen molar-refractivity contribution in [2.45, 2.75) is 75.5 Å². The van der Waals surface area contributed by atoms with E-state index in [2.05, 4.69) is 26.8 Å². The molecule has 16 heteroatoms. The van der Waals surface area contributed by atoms with Crippen molar-refractivity contribution in [2.24, 2.45) is 40.7 Å². The highest BCUT2D eigenvalue weighted by Crippen LogP contribution is 2.54. The lowest BCUT2D eigenvalue weighted by Gasteiger charge is -2.30. The lowest BCUT2D eigenvalue weighted by Crippen LogP contribution is -2.48. The van der Waals surface area contributed by atoms with Crippen molar-refractivity contribution < 1.29 is 55.0 Å². The predicted octanol–water partition coefficient (Wildman–Crippen LogP) is 6.42. The molecule has 7 rings (SSSR count). The molecule has 51 heavy (non-hydrogen) atoms. The van der Waals surface area contributed by atoms with Gasteiger partial charge in [-0.15, -0.1) is 0 Å². The van der Waals surface area contributed by atoms with Crippen molar-refractivity contribution in [1.82, 2.24) is 10.3 Å². The molecule has 0 spiro atoms. The van der Waals surface area contributed by atoms with E-state index in [1.54, 1.807) is 0 Å². The SMILES string of the molecule is COc1ncc(C2=NOC3CC(C(O)C(F)(F)F)CC23)cc1C(=O)N[C@H]1[C@@H](C(=O)Nc2ccc(F)c(C(F)(F)F)c2)[C@H]2CC[C@@H]1/C2=C\C1CCC1. The number of pyridine rings is 1. The Morgan fingerprint density at radius 1 is 1.04 bits per heavy atom. The highest BCUT2D eigenvalue weighted by atomic mass is 19.4. The molecule has 4 fully saturated rings. The fraction of sp³-hybridized carbons (Fsp3) is 0.543. The number of carbonyl (C=O) groups excluding carboxylic acids is 2. The van der Waals surface area contributed by atoms with E-state index in [4.69, 9.17) is 9.57 Å². The molecule has 2 bridgehead atoms. The number of aliphatic hydroxyl groups is 1. The van der Waals surface area contributed by atoms with Gasteiger partial charge in [0.15, 0.2) is 6.10 Å². The Labute approximate surface area is 287 Å². The first-order valence-corrected chi connectivity index (χ1v) is 16.9. The molecule has 274 valence electrons. The molecule has 2 amide bonds. The topological polar surface area (TPSA) is 122 Å². The summed E-state index contributed by atoms with van der Waals surface area (Å²) in [5.41, 5.74) is -0.178. The van der Waals surface area contributed by atoms with Crippen molar-refractivity contribution >= 4 is 23.2 Å². The number of amides is 2. The molecule has 9 nitrogen and oxygen atoms in total. The van der Waals surface area contributed by atoms with E-state index in [9.17, 15) is 45.4 Å². The average Bonchev–Trinajstić information content (AvgIpc) is 3.81. The van der Waals surface area contributed by atoms with Gasteiger partial charge in [0.05, 0.1) is 24.3 Å². The molecule has 5 aliphatic rings. The second-order valence-electron chi connectivity index (χ2n) is 14.1. The summed E-state index contributed by atoms with van der Waals surface area (Å²) < 4.78 is 99.3. The summed E-state index contributed by atoms with van der Waals surface area (Å²) in [4.78, 5) is 37.6. The summed E-state index contributed by atoms with van der Waals surface area (Å²) in [7, 11) is 1.30. The highest BCUT2D eigenvalue weighted by Gasteiger charge is 2.55. The molecule has 2 heterocycles. The second kappa shape index (κ2) is 13.1. The van der Waals surface area contributed by atoms with Gasteiger partial charge in [0.25, 0.3) is 5.91 Å². The first-order valence-electron chi connectivity index (χ1n) is 16.9. The molecular weight excluding hydrogens is 689 g/mol. The molecule has 8 atom stereocenters. The average molecular weight is 725 g/mol. The van der Waals surface area contributed by atoms with Gasteiger partial charge in [0.2, 0.25) is 11.8 Å². The van der Waals surface area contributed by atoms with Gasteiger partial charge >= 0.3 is 12.4 Å². The predicted molar refractivity (Wildman–Crippen MR) is 167 cm³/mol. The van der Waals surface area contributed by atoms with Gasteiger partial charge in [-0.3, -0.25) is 9.59 Å². The molecule has 1 aromatic carbocycles. The first-order chi connectivity index (χ1) is 24.1. The van der Waals surface area contributed by atoms with Gasteiger partial charge in [-0.05, 0) is 80.5 Å². The summed E-state index contributed by atoms with van der Waals surface area (Å²) in [5, 5.41) is 19.4. The molecule has 0 radical (unpaired) electrons. The number of aromatic nitrogens is 1. The molecule has 4 saturated carbocycles. The number of hydrogen-bond donors (Lipinski definition) is 3. The van der Waals surface area contributed by atoms with Crippen LogP contribution >= 0.6 is 0 Å². The first kappa shape index (κ1) is 35.2. The Bertz CT molecular complexity index is 1780. The molecule has 1 aliphatic heterocycles. The Hall–Kier alpha value is -4.21. The normalized spacial score (nSPS) is 30.0. The van der Waals surface area contributed by atoms with Gasteiger partial charge in [0.1, 0.15) is 17.5 Å². The number of benzene rings is 1. The number of alkyl halides is 6. The van der Waals surface area contributed by atoms with Crippen LogP contribution in [0.25, 0.3) is 0 Å². The summed E-state index contributed by atoms with van der Waals surface area (Å²) in [6.07, 6.45) is -5.19. The van der Waals surface area contributed by atoms with Crippen LogP contribution in [0.2, 0.25) is 0 Å². The van der Waals surface area contributed by atoms with Crippen LogP contribution in [0.3, 0.4) is 0 Å². The quantitative estimate of drug-likeness (QED) is 0.214. The number of nitrogens with zero attached hydrogens (tertiary/aromatic N) is 2. The summed E-state index contributed by atoms with van der Waals surface area (Å²) in [5.74, 6) is -5.52. The largest absolute Gasteiger partial charge is 0.480 e.